The molecule has 0 radical (unpaired) electrons. The fraction of sp³-hybridized carbons (Fsp3) is 0.222. The van der Waals surface area contributed by atoms with E-state index in [0.29, 0.717) is 10.9 Å². The topological polar surface area (TPSA) is 69.4 Å². The first-order chi connectivity index (χ1) is 12.3. The first-order valence-corrected chi connectivity index (χ1v) is 8.78. The molecule has 0 aliphatic heterocycles. The maximum absolute atomic E-state index is 10.1. The van der Waals surface area contributed by atoms with Gasteiger partial charge in [-0.1, -0.05) is 42.1 Å². The molecule has 0 spiro atoms. The van der Waals surface area contributed by atoms with Crippen LogP contribution in [0.5, 0.6) is 11.5 Å². The molecule has 1 N–H and O–H groups in total. The summed E-state index contributed by atoms with van der Waals surface area (Å²) in [5.74, 6) is 1.92. The van der Waals surface area contributed by atoms with E-state index in [1.807, 2.05) is 59.2 Å². The van der Waals surface area contributed by atoms with Gasteiger partial charge in [-0.25, -0.2) is 0 Å². The lowest BCUT2D eigenvalue weighted by Gasteiger charge is -2.13. The zero-order valence-corrected chi connectivity index (χ0v) is 14.6. The van der Waals surface area contributed by atoms with Gasteiger partial charge in [-0.05, 0) is 24.3 Å². The van der Waals surface area contributed by atoms with E-state index in [4.69, 9.17) is 9.47 Å². The zero-order chi connectivity index (χ0) is 17.5. The van der Waals surface area contributed by atoms with Crippen LogP contribution >= 0.6 is 11.8 Å². The van der Waals surface area contributed by atoms with Crippen molar-refractivity contribution < 1.29 is 14.6 Å². The molecule has 0 aliphatic rings. The van der Waals surface area contributed by atoms with Crippen molar-refractivity contribution in [1.82, 2.24) is 14.8 Å². The quantitative estimate of drug-likeness (QED) is 0.625. The number of hydrogen-bond donors (Lipinski definition) is 1. The van der Waals surface area contributed by atoms with E-state index < -0.39 is 6.10 Å². The van der Waals surface area contributed by atoms with Crippen LogP contribution in [-0.2, 0) is 0 Å². The van der Waals surface area contributed by atoms with E-state index in [2.05, 4.69) is 10.2 Å². The van der Waals surface area contributed by atoms with Crippen LogP contribution in [-0.4, -0.2) is 45.4 Å². The molecule has 2 aromatic carbocycles. The van der Waals surface area contributed by atoms with Gasteiger partial charge < -0.3 is 14.6 Å². The number of hydrogen-bond acceptors (Lipinski definition) is 6. The van der Waals surface area contributed by atoms with Crippen LogP contribution in [0.2, 0.25) is 0 Å². The van der Waals surface area contributed by atoms with Crippen molar-refractivity contribution in [3.8, 4) is 17.2 Å². The Hall–Kier alpha value is -2.51. The second-order valence-electron chi connectivity index (χ2n) is 5.24. The molecule has 0 fully saturated rings. The number of thioether (sulfide) groups is 1. The Morgan fingerprint density at radius 1 is 1.12 bits per heavy atom. The lowest BCUT2D eigenvalue weighted by atomic mass is 10.3. The van der Waals surface area contributed by atoms with E-state index in [1.54, 1.807) is 13.4 Å². The van der Waals surface area contributed by atoms with Crippen LogP contribution in [0, 0.1) is 0 Å². The average molecular weight is 357 g/mol. The minimum absolute atomic E-state index is 0.222. The number of benzene rings is 2. The van der Waals surface area contributed by atoms with Gasteiger partial charge in [-0.3, -0.25) is 4.57 Å². The maximum atomic E-state index is 10.1. The fourth-order valence-electron chi connectivity index (χ4n) is 2.24. The molecule has 25 heavy (non-hydrogen) atoms. The molecule has 7 heteroatoms. The molecule has 130 valence electrons. The molecule has 3 rings (SSSR count). The van der Waals surface area contributed by atoms with Gasteiger partial charge in [-0.15, -0.1) is 10.2 Å². The Labute approximate surface area is 150 Å². The Bertz CT molecular complexity index is 795. The lowest BCUT2D eigenvalue weighted by molar-refractivity contribution is 0.126. The first-order valence-electron chi connectivity index (χ1n) is 7.80. The predicted octanol–water partition coefficient (Wildman–Crippen LogP) is 2.81. The molecule has 0 saturated heterocycles. The van der Waals surface area contributed by atoms with Crippen molar-refractivity contribution in [3.05, 3.63) is 60.9 Å². The molecule has 1 aromatic heterocycles. The number of para-hydroxylation sites is 3. The van der Waals surface area contributed by atoms with Crippen molar-refractivity contribution in [1.29, 1.82) is 0 Å². The van der Waals surface area contributed by atoms with E-state index in [-0.39, 0.29) is 6.61 Å². The van der Waals surface area contributed by atoms with Crippen LogP contribution in [0.15, 0.2) is 66.1 Å². The number of ether oxygens (including phenoxy) is 2. The van der Waals surface area contributed by atoms with Crippen molar-refractivity contribution in [2.45, 2.75) is 11.3 Å². The summed E-state index contributed by atoms with van der Waals surface area (Å²) in [6.45, 7) is 0.222. The summed E-state index contributed by atoms with van der Waals surface area (Å²) in [4.78, 5) is 0. The van der Waals surface area contributed by atoms with Gasteiger partial charge in [0.1, 0.15) is 24.4 Å². The third-order valence-electron chi connectivity index (χ3n) is 3.45. The standard InChI is InChI=1S/C18H19N3O3S/c1-23-17-10-6-5-9-16(17)21-13-19-20-18(21)25-12-14(22)11-24-15-7-3-2-4-8-15/h2-10,13-14,22H,11-12H2,1H3/t14-/m0/s1. The van der Waals surface area contributed by atoms with E-state index in [0.717, 1.165) is 17.2 Å². The van der Waals surface area contributed by atoms with E-state index >= 15 is 0 Å². The Balaban J connectivity index is 1.60. The highest BCUT2D eigenvalue weighted by atomic mass is 32.2. The Morgan fingerprint density at radius 2 is 1.88 bits per heavy atom. The summed E-state index contributed by atoms with van der Waals surface area (Å²) in [6.07, 6.45) is 1.01. The number of rotatable bonds is 8. The van der Waals surface area contributed by atoms with Crippen LogP contribution in [0.3, 0.4) is 0 Å². The van der Waals surface area contributed by atoms with Gasteiger partial charge in [0.05, 0.1) is 18.9 Å². The van der Waals surface area contributed by atoms with Gasteiger partial charge >= 0.3 is 0 Å². The SMILES string of the molecule is COc1ccccc1-n1cnnc1SC[C@@H](O)COc1ccccc1. The molecule has 0 unspecified atom stereocenters. The number of aliphatic hydroxyl groups is 1. The van der Waals surface area contributed by atoms with Crippen LogP contribution in [0.25, 0.3) is 5.69 Å². The molecule has 0 aliphatic carbocycles. The number of methoxy groups -OCH3 is 1. The highest BCUT2D eigenvalue weighted by molar-refractivity contribution is 7.99. The Kier molecular flexibility index (Phi) is 5.92. The molecule has 0 amide bonds. The van der Waals surface area contributed by atoms with Crippen LogP contribution in [0.4, 0.5) is 0 Å². The molecular weight excluding hydrogens is 338 g/mol. The predicted molar refractivity (Wildman–Crippen MR) is 96.6 cm³/mol. The summed E-state index contributed by atoms with van der Waals surface area (Å²) in [5, 5.41) is 18.9. The minimum atomic E-state index is -0.618. The third-order valence-corrected chi connectivity index (χ3v) is 4.54. The third kappa shape index (κ3) is 4.52. The summed E-state index contributed by atoms with van der Waals surface area (Å²) in [7, 11) is 1.63. The van der Waals surface area contributed by atoms with Crippen LogP contribution < -0.4 is 9.47 Å². The van der Waals surface area contributed by atoms with Gasteiger partial charge in [0.2, 0.25) is 0 Å². The molecule has 0 bridgehead atoms. The maximum Gasteiger partial charge on any atom is 0.195 e. The highest BCUT2D eigenvalue weighted by Crippen LogP contribution is 2.26. The first kappa shape index (κ1) is 17.3. The number of nitrogens with zero attached hydrogens (tertiary/aromatic N) is 3. The smallest absolute Gasteiger partial charge is 0.195 e. The largest absolute Gasteiger partial charge is 0.495 e. The van der Waals surface area contributed by atoms with Gasteiger partial charge in [0.15, 0.2) is 5.16 Å². The summed E-state index contributed by atoms with van der Waals surface area (Å²) in [5.41, 5.74) is 0.854. The summed E-state index contributed by atoms with van der Waals surface area (Å²) < 4.78 is 12.8. The van der Waals surface area contributed by atoms with Crippen LogP contribution in [0.1, 0.15) is 0 Å². The van der Waals surface area contributed by atoms with Crippen molar-refractivity contribution >= 4 is 11.8 Å². The number of aliphatic hydroxyl groups excluding tert-OH is 1. The second kappa shape index (κ2) is 8.55. The second-order valence-corrected chi connectivity index (χ2v) is 6.23. The van der Waals surface area contributed by atoms with Crippen molar-refractivity contribution in [3.63, 3.8) is 0 Å². The molecule has 1 atom stereocenters. The van der Waals surface area contributed by atoms with E-state index in [1.165, 1.54) is 11.8 Å². The number of aromatic nitrogens is 3. The zero-order valence-electron chi connectivity index (χ0n) is 13.8. The Morgan fingerprint density at radius 3 is 2.68 bits per heavy atom. The fourth-order valence-corrected chi connectivity index (χ4v) is 3.07. The molecule has 1 heterocycles. The summed E-state index contributed by atoms with van der Waals surface area (Å²) in [6, 6.07) is 17.1. The molecule has 3 aromatic rings. The monoisotopic (exact) mass is 357 g/mol. The van der Waals surface area contributed by atoms with Crippen molar-refractivity contribution in [2.75, 3.05) is 19.5 Å². The minimum Gasteiger partial charge on any atom is -0.495 e. The molecule has 6 nitrogen and oxygen atoms in total. The highest BCUT2D eigenvalue weighted by Gasteiger charge is 2.13. The van der Waals surface area contributed by atoms with E-state index in [9.17, 15) is 5.11 Å². The van der Waals surface area contributed by atoms with Gasteiger partial charge in [0, 0.05) is 5.75 Å². The summed E-state index contributed by atoms with van der Waals surface area (Å²) >= 11 is 1.41. The molecular formula is C18H19N3O3S. The molecule has 0 saturated carbocycles. The average Bonchev–Trinajstić information content (AvgIpc) is 3.14. The van der Waals surface area contributed by atoms with Crippen molar-refractivity contribution in [2.24, 2.45) is 0 Å². The van der Waals surface area contributed by atoms with Gasteiger partial charge in [0.25, 0.3) is 0 Å². The van der Waals surface area contributed by atoms with Gasteiger partial charge in [-0.2, -0.15) is 0 Å². The lowest BCUT2D eigenvalue weighted by Crippen LogP contribution is -2.20. The normalized spacial score (nSPS) is 11.9.